The number of hydrogen-bond donors (Lipinski definition) is 1. The topological polar surface area (TPSA) is 15.3 Å². The van der Waals surface area contributed by atoms with Crippen molar-refractivity contribution in [1.29, 1.82) is 0 Å². The average Bonchev–Trinajstić information content (AvgIpc) is 2.67. The Morgan fingerprint density at radius 2 is 2.41 bits per heavy atom. The van der Waals surface area contributed by atoms with Crippen LogP contribution in [0, 0.1) is 0 Å². The molecule has 0 aromatic carbocycles. The van der Waals surface area contributed by atoms with Gasteiger partial charge in [0.25, 0.3) is 0 Å². The molecule has 0 amide bonds. The van der Waals surface area contributed by atoms with E-state index in [1.165, 1.54) is 17.7 Å². The van der Waals surface area contributed by atoms with Gasteiger partial charge in [0.15, 0.2) is 0 Å². The highest BCUT2D eigenvalue weighted by molar-refractivity contribution is 7.10. The lowest BCUT2D eigenvalue weighted by Crippen LogP contribution is -2.50. The quantitative estimate of drug-likeness (QED) is 0.916. The number of rotatable bonds is 4. The smallest absolute Gasteiger partial charge is 0.0516 e. The summed E-state index contributed by atoms with van der Waals surface area (Å²) in [4.78, 5) is 3.97. The van der Waals surface area contributed by atoms with Crippen LogP contribution in [0.25, 0.3) is 0 Å². The summed E-state index contributed by atoms with van der Waals surface area (Å²) >= 11 is 7.72. The van der Waals surface area contributed by atoms with Crippen molar-refractivity contribution >= 4 is 35.3 Å². The molecule has 1 aliphatic heterocycles. The van der Waals surface area contributed by atoms with Gasteiger partial charge in [0.1, 0.15) is 0 Å². The molecule has 1 unspecified atom stereocenters. The monoisotopic (exact) mass is 294 g/mol. The van der Waals surface area contributed by atoms with E-state index in [9.17, 15) is 0 Å². The number of thiophene rings is 1. The Bertz CT molecular complexity index is 328. The first-order valence-electron chi connectivity index (χ1n) is 5.97. The molecule has 0 bridgehead atoms. The minimum absolute atomic E-state index is 0. The van der Waals surface area contributed by atoms with Gasteiger partial charge in [0.2, 0.25) is 0 Å². The van der Waals surface area contributed by atoms with Gasteiger partial charge in [-0.05, 0) is 12.5 Å². The van der Waals surface area contributed by atoms with Crippen LogP contribution in [0.5, 0.6) is 0 Å². The Kier molecular flexibility index (Phi) is 6.82. The summed E-state index contributed by atoms with van der Waals surface area (Å²) in [5.41, 5.74) is 0. The molecule has 2 rings (SSSR count). The number of hydrogen-bond acceptors (Lipinski definition) is 3. The number of piperazine rings is 1. The van der Waals surface area contributed by atoms with E-state index in [0.717, 1.165) is 31.2 Å². The third-order valence-corrected chi connectivity index (χ3v) is 4.34. The molecule has 1 N–H and O–H groups in total. The summed E-state index contributed by atoms with van der Waals surface area (Å²) in [6.45, 7) is 6.71. The van der Waals surface area contributed by atoms with E-state index in [-0.39, 0.29) is 12.4 Å². The van der Waals surface area contributed by atoms with Crippen molar-refractivity contribution in [3.05, 3.63) is 21.3 Å². The summed E-state index contributed by atoms with van der Waals surface area (Å²) in [5, 5.41) is 6.38. The Balaban J connectivity index is 0.00000144. The maximum Gasteiger partial charge on any atom is 0.0516 e. The van der Waals surface area contributed by atoms with E-state index >= 15 is 0 Å². The van der Waals surface area contributed by atoms with Gasteiger partial charge >= 0.3 is 0 Å². The lowest BCUT2D eigenvalue weighted by molar-refractivity contribution is 0.145. The fraction of sp³-hybridized carbons (Fsp3) is 0.667. The van der Waals surface area contributed by atoms with Crippen molar-refractivity contribution in [2.24, 2.45) is 0 Å². The Morgan fingerprint density at radius 1 is 1.59 bits per heavy atom. The molecule has 1 aliphatic rings. The van der Waals surface area contributed by atoms with Crippen molar-refractivity contribution < 1.29 is 0 Å². The Labute approximate surface area is 119 Å². The number of halogens is 2. The minimum Gasteiger partial charge on any atom is -0.314 e. The van der Waals surface area contributed by atoms with Gasteiger partial charge in [0.05, 0.1) is 5.02 Å². The maximum atomic E-state index is 5.96. The van der Waals surface area contributed by atoms with E-state index in [0.29, 0.717) is 6.04 Å². The van der Waals surface area contributed by atoms with Gasteiger partial charge in [0, 0.05) is 42.5 Å². The molecule has 1 fully saturated rings. The minimum atomic E-state index is 0. The summed E-state index contributed by atoms with van der Waals surface area (Å²) in [5.74, 6) is 0. The van der Waals surface area contributed by atoms with E-state index in [4.69, 9.17) is 11.6 Å². The maximum absolute atomic E-state index is 5.96. The van der Waals surface area contributed by atoms with E-state index in [2.05, 4.69) is 23.2 Å². The van der Waals surface area contributed by atoms with E-state index < -0.39 is 0 Å². The standard InChI is InChI=1S/C12H19ClN2S.ClH/c1-2-3-11-7-14-4-5-15(11)8-12-6-10(13)9-16-12;/h6,9,11,14H,2-5,7-8H2,1H3;1H. The van der Waals surface area contributed by atoms with Crippen LogP contribution >= 0.6 is 35.3 Å². The van der Waals surface area contributed by atoms with Crippen LogP contribution in [0.2, 0.25) is 5.02 Å². The molecule has 2 nitrogen and oxygen atoms in total. The molecule has 5 heteroatoms. The first-order chi connectivity index (χ1) is 7.79. The van der Waals surface area contributed by atoms with Crippen molar-refractivity contribution in [1.82, 2.24) is 10.2 Å². The second-order valence-corrected chi connectivity index (χ2v) is 5.78. The fourth-order valence-corrected chi connectivity index (χ4v) is 3.36. The summed E-state index contributed by atoms with van der Waals surface area (Å²) in [7, 11) is 0. The molecule has 1 saturated heterocycles. The molecular weight excluding hydrogens is 275 g/mol. The van der Waals surface area contributed by atoms with Crippen LogP contribution in [0.15, 0.2) is 11.4 Å². The third-order valence-electron chi connectivity index (χ3n) is 3.07. The van der Waals surface area contributed by atoms with Crippen molar-refractivity contribution in [3.8, 4) is 0 Å². The highest BCUT2D eigenvalue weighted by Gasteiger charge is 2.21. The summed E-state index contributed by atoms with van der Waals surface area (Å²) in [6, 6.07) is 2.79. The number of nitrogens with zero attached hydrogens (tertiary/aromatic N) is 1. The van der Waals surface area contributed by atoms with Crippen LogP contribution in [0.3, 0.4) is 0 Å². The van der Waals surface area contributed by atoms with E-state index in [1.807, 2.05) is 5.38 Å². The molecule has 0 aliphatic carbocycles. The molecule has 1 aromatic rings. The zero-order chi connectivity index (χ0) is 11.4. The SMILES string of the molecule is CCCC1CNCCN1Cc1cc(Cl)cs1.Cl. The summed E-state index contributed by atoms with van der Waals surface area (Å²) in [6.07, 6.45) is 2.54. The molecule has 1 atom stereocenters. The van der Waals surface area contributed by atoms with Gasteiger partial charge < -0.3 is 5.32 Å². The van der Waals surface area contributed by atoms with Crippen molar-refractivity contribution in [2.45, 2.75) is 32.4 Å². The van der Waals surface area contributed by atoms with Crippen LogP contribution in [0.4, 0.5) is 0 Å². The molecular formula is C12H20Cl2N2S. The zero-order valence-corrected chi connectivity index (χ0v) is 12.5. The molecule has 0 spiro atoms. The Morgan fingerprint density at radius 3 is 3.06 bits per heavy atom. The molecule has 0 saturated carbocycles. The van der Waals surface area contributed by atoms with Gasteiger partial charge in [-0.1, -0.05) is 24.9 Å². The van der Waals surface area contributed by atoms with Crippen LogP contribution in [0.1, 0.15) is 24.6 Å². The summed E-state index contributed by atoms with van der Waals surface area (Å²) < 4.78 is 0. The fourth-order valence-electron chi connectivity index (χ4n) is 2.27. The van der Waals surface area contributed by atoms with Gasteiger partial charge in [-0.3, -0.25) is 4.90 Å². The molecule has 98 valence electrons. The van der Waals surface area contributed by atoms with Gasteiger partial charge in [-0.15, -0.1) is 23.7 Å². The highest BCUT2D eigenvalue weighted by atomic mass is 35.5. The lowest BCUT2D eigenvalue weighted by Gasteiger charge is -2.35. The Hall–Kier alpha value is 0.200. The van der Waals surface area contributed by atoms with Gasteiger partial charge in [-0.2, -0.15) is 0 Å². The van der Waals surface area contributed by atoms with Crippen molar-refractivity contribution in [3.63, 3.8) is 0 Å². The van der Waals surface area contributed by atoms with Crippen LogP contribution < -0.4 is 5.32 Å². The van der Waals surface area contributed by atoms with E-state index in [1.54, 1.807) is 11.3 Å². The first-order valence-corrected chi connectivity index (χ1v) is 7.23. The molecule has 17 heavy (non-hydrogen) atoms. The van der Waals surface area contributed by atoms with Crippen molar-refractivity contribution in [2.75, 3.05) is 19.6 Å². The first kappa shape index (κ1) is 15.3. The van der Waals surface area contributed by atoms with Gasteiger partial charge in [-0.25, -0.2) is 0 Å². The largest absolute Gasteiger partial charge is 0.314 e. The average molecular weight is 295 g/mol. The number of nitrogens with one attached hydrogen (secondary N) is 1. The predicted octanol–water partition coefficient (Wildman–Crippen LogP) is 3.40. The predicted molar refractivity (Wildman–Crippen MR) is 78.6 cm³/mol. The third kappa shape index (κ3) is 4.42. The second kappa shape index (κ2) is 7.59. The normalized spacial score (nSPS) is 21.2. The lowest BCUT2D eigenvalue weighted by atomic mass is 10.1. The molecule has 0 radical (unpaired) electrons. The molecule has 1 aromatic heterocycles. The zero-order valence-electron chi connectivity index (χ0n) is 10.1. The van der Waals surface area contributed by atoms with Crippen LogP contribution in [-0.4, -0.2) is 30.6 Å². The second-order valence-electron chi connectivity index (χ2n) is 4.35. The molecule has 2 heterocycles. The van der Waals surface area contributed by atoms with Crippen LogP contribution in [-0.2, 0) is 6.54 Å². The highest BCUT2D eigenvalue weighted by Crippen LogP contribution is 2.22.